The summed E-state index contributed by atoms with van der Waals surface area (Å²) in [6, 6.07) is 7.21. The van der Waals surface area contributed by atoms with E-state index in [-0.39, 0.29) is 0 Å². The molecule has 1 atom stereocenters. The Labute approximate surface area is 116 Å². The Morgan fingerprint density at radius 2 is 2.11 bits per heavy atom. The molecule has 0 N–H and O–H groups in total. The van der Waals surface area contributed by atoms with Gasteiger partial charge in [-0.3, -0.25) is 4.90 Å². The van der Waals surface area contributed by atoms with Gasteiger partial charge in [0.2, 0.25) is 0 Å². The van der Waals surface area contributed by atoms with E-state index in [9.17, 15) is 0 Å². The molecule has 18 heavy (non-hydrogen) atoms. The van der Waals surface area contributed by atoms with E-state index in [1.807, 2.05) is 0 Å². The molecule has 0 bridgehead atoms. The molecule has 100 valence electrons. The zero-order valence-electron chi connectivity index (χ0n) is 11.6. The maximum atomic E-state index is 5.88. The number of likely N-dealkylation sites (N-methyl/N-ethyl adjacent to an activating group) is 1. The van der Waals surface area contributed by atoms with E-state index < -0.39 is 0 Å². The topological polar surface area (TPSA) is 6.48 Å². The Balaban J connectivity index is 2.13. The largest absolute Gasteiger partial charge is 0.368 e. The van der Waals surface area contributed by atoms with Crippen LogP contribution in [0.2, 0.25) is 0 Å². The van der Waals surface area contributed by atoms with E-state index in [4.69, 9.17) is 11.6 Å². The van der Waals surface area contributed by atoms with Crippen molar-refractivity contribution in [2.45, 2.75) is 32.7 Å². The molecule has 0 aliphatic carbocycles. The average molecular weight is 267 g/mol. The van der Waals surface area contributed by atoms with Gasteiger partial charge in [-0.05, 0) is 37.6 Å². The number of aryl methyl sites for hydroxylation is 1. The van der Waals surface area contributed by atoms with Crippen LogP contribution in [0, 0.1) is 6.92 Å². The molecule has 1 aliphatic rings. The molecule has 0 radical (unpaired) electrons. The maximum Gasteiger partial charge on any atom is 0.0474 e. The van der Waals surface area contributed by atoms with Crippen LogP contribution in [0.15, 0.2) is 18.2 Å². The van der Waals surface area contributed by atoms with E-state index in [1.54, 1.807) is 0 Å². The Bertz CT molecular complexity index is 405. The van der Waals surface area contributed by atoms with Gasteiger partial charge in [-0.25, -0.2) is 0 Å². The molecule has 0 spiro atoms. The van der Waals surface area contributed by atoms with E-state index in [1.165, 1.54) is 16.8 Å². The van der Waals surface area contributed by atoms with Crippen LogP contribution in [0.5, 0.6) is 0 Å². The molecule has 0 saturated carbocycles. The zero-order chi connectivity index (χ0) is 13.1. The molecule has 3 heteroatoms. The van der Waals surface area contributed by atoms with Crippen molar-refractivity contribution in [2.75, 3.05) is 31.1 Å². The normalized spacial score (nSPS) is 21.3. The molecule has 1 saturated heterocycles. The molecular weight excluding hydrogens is 244 g/mol. The third-order valence-corrected chi connectivity index (χ3v) is 4.24. The summed E-state index contributed by atoms with van der Waals surface area (Å²) in [5.41, 5.74) is 3.91. The van der Waals surface area contributed by atoms with E-state index in [0.717, 1.165) is 26.2 Å². The number of hydrogen-bond donors (Lipinski definition) is 0. The highest BCUT2D eigenvalue weighted by molar-refractivity contribution is 6.17. The van der Waals surface area contributed by atoms with Crippen LogP contribution in [-0.2, 0) is 5.88 Å². The fourth-order valence-corrected chi connectivity index (χ4v) is 3.01. The molecule has 1 unspecified atom stereocenters. The van der Waals surface area contributed by atoms with Gasteiger partial charge in [0, 0.05) is 37.2 Å². The van der Waals surface area contributed by atoms with Gasteiger partial charge in [0.1, 0.15) is 0 Å². The van der Waals surface area contributed by atoms with Gasteiger partial charge in [-0.2, -0.15) is 0 Å². The second-order valence-electron chi connectivity index (χ2n) is 5.18. The van der Waals surface area contributed by atoms with Gasteiger partial charge in [-0.15, -0.1) is 11.6 Å². The lowest BCUT2D eigenvalue weighted by molar-refractivity contribution is 0.199. The molecular formula is C15H23ClN2. The van der Waals surface area contributed by atoms with Gasteiger partial charge >= 0.3 is 0 Å². The lowest BCUT2D eigenvalue weighted by Gasteiger charge is -2.41. The van der Waals surface area contributed by atoms with Gasteiger partial charge in [-0.1, -0.05) is 19.1 Å². The number of alkyl halides is 1. The fourth-order valence-electron chi connectivity index (χ4n) is 2.84. The zero-order valence-corrected chi connectivity index (χ0v) is 12.4. The standard InChI is InChI=1S/C15H23ClN2/c1-4-17-7-8-18(11-13(17)3)15-6-5-14(10-16)9-12(15)2/h5-6,9,13H,4,7-8,10-11H2,1-3H3. The van der Waals surface area contributed by atoms with Crippen LogP contribution in [0.3, 0.4) is 0 Å². The Morgan fingerprint density at radius 1 is 1.33 bits per heavy atom. The van der Waals surface area contributed by atoms with Gasteiger partial charge in [0.15, 0.2) is 0 Å². The summed E-state index contributed by atoms with van der Waals surface area (Å²) in [6.07, 6.45) is 0. The third kappa shape index (κ3) is 2.81. The Kier molecular flexibility index (Phi) is 4.52. The van der Waals surface area contributed by atoms with Gasteiger partial charge < -0.3 is 4.90 Å². The predicted octanol–water partition coefficient (Wildman–Crippen LogP) is 3.26. The van der Waals surface area contributed by atoms with Crippen molar-refractivity contribution in [1.82, 2.24) is 4.90 Å². The summed E-state index contributed by atoms with van der Waals surface area (Å²) in [4.78, 5) is 5.04. The summed E-state index contributed by atoms with van der Waals surface area (Å²) in [7, 11) is 0. The maximum absolute atomic E-state index is 5.88. The van der Waals surface area contributed by atoms with Crippen LogP contribution >= 0.6 is 11.6 Å². The molecule has 1 fully saturated rings. The van der Waals surface area contributed by atoms with Crippen LogP contribution in [0.4, 0.5) is 5.69 Å². The van der Waals surface area contributed by atoms with E-state index in [0.29, 0.717) is 11.9 Å². The highest BCUT2D eigenvalue weighted by atomic mass is 35.5. The molecule has 1 aliphatic heterocycles. The van der Waals surface area contributed by atoms with E-state index >= 15 is 0 Å². The molecule has 2 rings (SSSR count). The summed E-state index contributed by atoms with van der Waals surface area (Å²) < 4.78 is 0. The first-order valence-electron chi connectivity index (χ1n) is 6.80. The number of halogens is 1. The van der Waals surface area contributed by atoms with Crippen molar-refractivity contribution in [1.29, 1.82) is 0 Å². The van der Waals surface area contributed by atoms with Crippen LogP contribution in [0.25, 0.3) is 0 Å². The fraction of sp³-hybridized carbons (Fsp3) is 0.600. The highest BCUT2D eigenvalue weighted by Crippen LogP contribution is 2.24. The van der Waals surface area contributed by atoms with Gasteiger partial charge in [0.25, 0.3) is 0 Å². The molecule has 1 aromatic rings. The number of benzene rings is 1. The number of rotatable bonds is 3. The van der Waals surface area contributed by atoms with Gasteiger partial charge in [0.05, 0.1) is 0 Å². The van der Waals surface area contributed by atoms with Crippen molar-refractivity contribution >= 4 is 17.3 Å². The summed E-state index contributed by atoms with van der Waals surface area (Å²) in [6.45, 7) is 11.3. The molecule has 0 aromatic heterocycles. The lowest BCUT2D eigenvalue weighted by atomic mass is 10.1. The summed E-state index contributed by atoms with van der Waals surface area (Å²) in [5.74, 6) is 0.598. The van der Waals surface area contributed by atoms with Crippen molar-refractivity contribution < 1.29 is 0 Å². The number of nitrogens with zero attached hydrogens (tertiary/aromatic N) is 2. The van der Waals surface area contributed by atoms with Crippen molar-refractivity contribution in [3.63, 3.8) is 0 Å². The SMILES string of the molecule is CCN1CCN(c2ccc(CCl)cc2C)CC1C. The average Bonchev–Trinajstić information content (AvgIpc) is 2.38. The summed E-state index contributed by atoms with van der Waals surface area (Å²) in [5, 5.41) is 0. The predicted molar refractivity (Wildman–Crippen MR) is 79.7 cm³/mol. The smallest absolute Gasteiger partial charge is 0.0474 e. The number of hydrogen-bond acceptors (Lipinski definition) is 2. The molecule has 0 amide bonds. The second kappa shape index (κ2) is 5.94. The minimum absolute atomic E-state index is 0.598. The van der Waals surface area contributed by atoms with Crippen LogP contribution < -0.4 is 4.90 Å². The Morgan fingerprint density at radius 3 is 2.67 bits per heavy atom. The minimum Gasteiger partial charge on any atom is -0.368 e. The number of anilines is 1. The van der Waals surface area contributed by atoms with E-state index in [2.05, 4.69) is 48.8 Å². The summed E-state index contributed by atoms with van der Waals surface area (Å²) >= 11 is 5.88. The van der Waals surface area contributed by atoms with Crippen molar-refractivity contribution in [3.8, 4) is 0 Å². The monoisotopic (exact) mass is 266 g/mol. The molecule has 1 heterocycles. The van der Waals surface area contributed by atoms with Crippen LogP contribution in [0.1, 0.15) is 25.0 Å². The first-order valence-corrected chi connectivity index (χ1v) is 7.33. The second-order valence-corrected chi connectivity index (χ2v) is 5.45. The quantitative estimate of drug-likeness (QED) is 0.775. The minimum atomic E-state index is 0.598. The Hall–Kier alpha value is -0.730. The number of piperazine rings is 1. The molecule has 2 nitrogen and oxygen atoms in total. The lowest BCUT2D eigenvalue weighted by Crippen LogP contribution is -2.51. The van der Waals surface area contributed by atoms with Crippen LogP contribution in [-0.4, -0.2) is 37.1 Å². The highest BCUT2D eigenvalue weighted by Gasteiger charge is 2.23. The first kappa shape index (κ1) is 13.7. The first-order chi connectivity index (χ1) is 8.65. The van der Waals surface area contributed by atoms with Crippen molar-refractivity contribution in [2.24, 2.45) is 0 Å². The molecule has 1 aromatic carbocycles. The third-order valence-electron chi connectivity index (χ3n) is 3.93. The van der Waals surface area contributed by atoms with Crippen molar-refractivity contribution in [3.05, 3.63) is 29.3 Å².